The van der Waals surface area contributed by atoms with Crippen LogP contribution in [0.3, 0.4) is 0 Å². The van der Waals surface area contributed by atoms with Crippen LogP contribution >= 0.6 is 0 Å². The molecule has 2 N–H and O–H groups in total. The number of amides is 1. The van der Waals surface area contributed by atoms with E-state index in [0.717, 1.165) is 0 Å². The van der Waals surface area contributed by atoms with Gasteiger partial charge in [-0.05, 0) is 30.2 Å². The summed E-state index contributed by atoms with van der Waals surface area (Å²) in [6.07, 6.45) is 0.509. The molecule has 0 saturated carbocycles. The van der Waals surface area contributed by atoms with E-state index in [-0.39, 0.29) is 17.2 Å². The standard InChI is InChI=1S/C14H20N2O5S/c1-20-12-3-4-13(22(15,18)19)11(10-12)2-5-14(17)16-6-8-21-9-7-16/h3-4,10H,2,5-9H2,1H3,(H2,15,18,19). The Morgan fingerprint density at radius 1 is 1.36 bits per heavy atom. The Labute approximate surface area is 130 Å². The summed E-state index contributed by atoms with van der Waals surface area (Å²) in [5, 5.41) is 5.22. The lowest BCUT2D eigenvalue weighted by Gasteiger charge is -2.27. The lowest BCUT2D eigenvalue weighted by Crippen LogP contribution is -2.40. The molecule has 8 heteroatoms. The lowest BCUT2D eigenvalue weighted by molar-refractivity contribution is -0.135. The van der Waals surface area contributed by atoms with Crippen LogP contribution in [-0.2, 0) is 26.0 Å². The van der Waals surface area contributed by atoms with Crippen LogP contribution in [-0.4, -0.2) is 52.6 Å². The highest BCUT2D eigenvalue weighted by Gasteiger charge is 2.19. The fraction of sp³-hybridized carbons (Fsp3) is 0.500. The van der Waals surface area contributed by atoms with Crippen LogP contribution in [0.1, 0.15) is 12.0 Å². The predicted octanol–water partition coefficient (Wildman–Crippen LogP) is 0.134. The van der Waals surface area contributed by atoms with E-state index in [2.05, 4.69) is 0 Å². The Morgan fingerprint density at radius 2 is 2.05 bits per heavy atom. The summed E-state index contributed by atoms with van der Waals surface area (Å²) in [5.41, 5.74) is 0.489. The number of carbonyl (C=O) groups excluding carboxylic acids is 1. The van der Waals surface area contributed by atoms with Crippen molar-refractivity contribution >= 4 is 15.9 Å². The van der Waals surface area contributed by atoms with Gasteiger partial charge in [0.1, 0.15) is 5.75 Å². The SMILES string of the molecule is COc1ccc(S(N)(=O)=O)c(CCC(=O)N2CCOCC2)c1. The number of benzene rings is 1. The number of hydrogen-bond acceptors (Lipinski definition) is 5. The first kappa shape index (κ1) is 16.7. The van der Waals surface area contributed by atoms with Crippen molar-refractivity contribution in [3.8, 4) is 5.75 Å². The van der Waals surface area contributed by atoms with E-state index >= 15 is 0 Å². The molecule has 2 rings (SSSR count). The zero-order chi connectivity index (χ0) is 16.2. The molecule has 22 heavy (non-hydrogen) atoms. The Morgan fingerprint density at radius 3 is 2.64 bits per heavy atom. The third kappa shape index (κ3) is 4.19. The van der Waals surface area contributed by atoms with Crippen LogP contribution in [0.25, 0.3) is 0 Å². The Hall–Kier alpha value is -1.64. The van der Waals surface area contributed by atoms with Gasteiger partial charge in [0.2, 0.25) is 15.9 Å². The van der Waals surface area contributed by atoms with Crippen molar-refractivity contribution in [2.24, 2.45) is 5.14 Å². The quantitative estimate of drug-likeness (QED) is 0.828. The molecule has 0 spiro atoms. The van der Waals surface area contributed by atoms with E-state index in [9.17, 15) is 13.2 Å². The van der Waals surface area contributed by atoms with Gasteiger partial charge in [0.15, 0.2) is 0 Å². The van der Waals surface area contributed by atoms with Crippen molar-refractivity contribution in [1.82, 2.24) is 4.90 Å². The zero-order valence-corrected chi connectivity index (χ0v) is 13.3. The molecule has 1 heterocycles. The average Bonchev–Trinajstić information content (AvgIpc) is 2.52. The Balaban J connectivity index is 2.12. The molecular weight excluding hydrogens is 308 g/mol. The van der Waals surface area contributed by atoms with Crippen molar-refractivity contribution in [3.63, 3.8) is 0 Å². The fourth-order valence-corrected chi connectivity index (χ4v) is 3.15. The molecule has 1 fully saturated rings. The minimum Gasteiger partial charge on any atom is -0.497 e. The number of rotatable bonds is 5. The van der Waals surface area contributed by atoms with Gasteiger partial charge >= 0.3 is 0 Å². The molecule has 0 bridgehead atoms. The first-order chi connectivity index (χ1) is 10.4. The molecule has 1 amide bonds. The first-order valence-corrected chi connectivity index (χ1v) is 8.51. The number of sulfonamides is 1. The second kappa shape index (κ2) is 7.08. The first-order valence-electron chi connectivity index (χ1n) is 6.97. The molecule has 1 aliphatic heterocycles. The molecule has 1 aromatic rings. The zero-order valence-electron chi connectivity index (χ0n) is 12.4. The van der Waals surface area contributed by atoms with Gasteiger partial charge in [0, 0.05) is 19.5 Å². The maximum atomic E-state index is 12.1. The molecule has 0 aliphatic carbocycles. The molecule has 1 aromatic carbocycles. The summed E-state index contributed by atoms with van der Waals surface area (Å²) in [7, 11) is -2.34. The maximum Gasteiger partial charge on any atom is 0.238 e. The molecule has 1 saturated heterocycles. The summed E-state index contributed by atoms with van der Waals surface area (Å²) >= 11 is 0. The van der Waals surface area contributed by atoms with Crippen molar-refractivity contribution in [3.05, 3.63) is 23.8 Å². The largest absolute Gasteiger partial charge is 0.497 e. The van der Waals surface area contributed by atoms with Crippen molar-refractivity contribution in [2.45, 2.75) is 17.7 Å². The number of nitrogens with zero attached hydrogens (tertiary/aromatic N) is 1. The van der Waals surface area contributed by atoms with Gasteiger partial charge < -0.3 is 14.4 Å². The van der Waals surface area contributed by atoms with E-state index < -0.39 is 10.0 Å². The maximum absolute atomic E-state index is 12.1. The second-order valence-corrected chi connectivity index (χ2v) is 6.54. The van der Waals surface area contributed by atoms with Crippen LogP contribution in [0, 0.1) is 0 Å². The fourth-order valence-electron chi connectivity index (χ4n) is 2.37. The molecule has 0 atom stereocenters. The second-order valence-electron chi connectivity index (χ2n) is 5.01. The smallest absolute Gasteiger partial charge is 0.238 e. The highest BCUT2D eigenvalue weighted by atomic mass is 32.2. The van der Waals surface area contributed by atoms with Gasteiger partial charge in [-0.2, -0.15) is 0 Å². The van der Waals surface area contributed by atoms with Gasteiger partial charge in [0.05, 0.1) is 25.2 Å². The number of carbonyl (C=O) groups is 1. The Bertz CT molecular complexity index is 639. The summed E-state index contributed by atoms with van der Waals surface area (Å²) < 4.78 is 33.5. The Kier molecular flexibility index (Phi) is 5.38. The number of aryl methyl sites for hydroxylation is 1. The summed E-state index contributed by atoms with van der Waals surface area (Å²) in [6, 6.07) is 4.54. The number of ether oxygens (including phenoxy) is 2. The van der Waals surface area contributed by atoms with Gasteiger partial charge in [-0.1, -0.05) is 0 Å². The van der Waals surface area contributed by atoms with Crippen LogP contribution in [0.4, 0.5) is 0 Å². The van der Waals surface area contributed by atoms with E-state index in [1.807, 2.05) is 0 Å². The number of nitrogens with two attached hydrogens (primary N) is 1. The van der Waals surface area contributed by atoms with Crippen LogP contribution in [0.15, 0.2) is 23.1 Å². The molecule has 1 aliphatic rings. The van der Waals surface area contributed by atoms with Crippen molar-refractivity contribution in [1.29, 1.82) is 0 Å². The average molecular weight is 328 g/mol. The van der Waals surface area contributed by atoms with Crippen molar-refractivity contribution < 1.29 is 22.7 Å². The summed E-state index contributed by atoms with van der Waals surface area (Å²) in [5.74, 6) is 0.507. The number of hydrogen-bond donors (Lipinski definition) is 1. The third-order valence-corrected chi connectivity index (χ3v) is 4.56. The van der Waals surface area contributed by atoms with E-state index in [1.54, 1.807) is 11.0 Å². The molecular formula is C14H20N2O5S. The van der Waals surface area contributed by atoms with Crippen LogP contribution in [0.2, 0.25) is 0 Å². The van der Waals surface area contributed by atoms with Gasteiger partial charge in [-0.15, -0.1) is 0 Å². The van der Waals surface area contributed by atoms with Gasteiger partial charge in [-0.25, -0.2) is 13.6 Å². The monoisotopic (exact) mass is 328 g/mol. The van der Waals surface area contributed by atoms with Crippen molar-refractivity contribution in [2.75, 3.05) is 33.4 Å². The highest BCUT2D eigenvalue weighted by Crippen LogP contribution is 2.22. The van der Waals surface area contributed by atoms with E-state index in [4.69, 9.17) is 14.6 Å². The van der Waals surface area contributed by atoms with Crippen LogP contribution in [0.5, 0.6) is 5.75 Å². The summed E-state index contributed by atoms with van der Waals surface area (Å²) in [4.78, 5) is 13.9. The number of morpholine rings is 1. The third-order valence-electron chi connectivity index (χ3n) is 3.55. The normalized spacial score (nSPS) is 15.6. The highest BCUT2D eigenvalue weighted by molar-refractivity contribution is 7.89. The minimum absolute atomic E-state index is 0.0218. The summed E-state index contributed by atoms with van der Waals surface area (Å²) in [6.45, 7) is 2.21. The molecule has 122 valence electrons. The number of primary sulfonamides is 1. The lowest BCUT2D eigenvalue weighted by atomic mass is 10.1. The van der Waals surface area contributed by atoms with Crippen LogP contribution < -0.4 is 9.88 Å². The number of methoxy groups -OCH3 is 1. The van der Waals surface area contributed by atoms with Gasteiger partial charge in [-0.3, -0.25) is 4.79 Å². The van der Waals surface area contributed by atoms with Gasteiger partial charge in [0.25, 0.3) is 0 Å². The molecule has 7 nitrogen and oxygen atoms in total. The molecule has 0 radical (unpaired) electrons. The molecule has 0 aromatic heterocycles. The minimum atomic E-state index is -3.83. The topological polar surface area (TPSA) is 98.9 Å². The van der Waals surface area contributed by atoms with E-state index in [1.165, 1.54) is 19.2 Å². The predicted molar refractivity (Wildman–Crippen MR) is 80.1 cm³/mol. The molecule has 0 unspecified atom stereocenters. The van der Waals surface area contributed by atoms with E-state index in [0.29, 0.717) is 44.0 Å².